The van der Waals surface area contributed by atoms with E-state index in [9.17, 15) is 5.11 Å². The van der Waals surface area contributed by atoms with Gasteiger partial charge in [-0.25, -0.2) is 0 Å². The van der Waals surface area contributed by atoms with Crippen LogP contribution in [0.4, 0.5) is 5.69 Å². The third kappa shape index (κ3) is 3.73. The molecule has 0 amide bonds. The molecule has 0 saturated carbocycles. The molecule has 19 heavy (non-hydrogen) atoms. The van der Waals surface area contributed by atoms with Crippen LogP contribution in [0.5, 0.6) is 0 Å². The summed E-state index contributed by atoms with van der Waals surface area (Å²) in [5.41, 5.74) is 2.67. The average Bonchev–Trinajstić information content (AvgIpc) is 2.50. The maximum Gasteiger partial charge on any atom is 0.0762 e. The second kappa shape index (κ2) is 5.84. The fourth-order valence-corrected chi connectivity index (χ4v) is 3.35. The van der Waals surface area contributed by atoms with Gasteiger partial charge in [-0.1, -0.05) is 19.9 Å². The second-order valence-corrected chi connectivity index (χ2v) is 7.25. The largest absolute Gasteiger partial charge is 0.389 e. The van der Waals surface area contributed by atoms with Crippen molar-refractivity contribution in [3.05, 3.63) is 28.2 Å². The van der Waals surface area contributed by atoms with Crippen molar-refractivity contribution in [1.29, 1.82) is 0 Å². The van der Waals surface area contributed by atoms with E-state index < -0.39 is 6.10 Å². The van der Waals surface area contributed by atoms with Crippen molar-refractivity contribution in [2.45, 2.75) is 46.1 Å². The molecule has 0 unspecified atom stereocenters. The Labute approximate surface area is 124 Å². The fourth-order valence-electron chi connectivity index (χ4n) is 2.70. The van der Waals surface area contributed by atoms with E-state index in [0.717, 1.165) is 23.1 Å². The van der Waals surface area contributed by atoms with Crippen molar-refractivity contribution >= 4 is 21.6 Å². The summed E-state index contributed by atoms with van der Waals surface area (Å²) in [5.74, 6) is 0. The van der Waals surface area contributed by atoms with Gasteiger partial charge >= 0.3 is 0 Å². The lowest BCUT2D eigenvalue weighted by Gasteiger charge is -2.26. The first-order valence-corrected chi connectivity index (χ1v) is 7.91. The summed E-state index contributed by atoms with van der Waals surface area (Å²) in [6.07, 6.45) is 3.37. The zero-order chi connectivity index (χ0) is 14.0. The molecule has 1 aromatic carbocycles. The number of benzene rings is 1. The lowest BCUT2D eigenvalue weighted by molar-refractivity contribution is 0.199. The summed E-state index contributed by atoms with van der Waals surface area (Å²) < 4.78 is 1.09. The number of aliphatic hydroxyl groups excluding tert-OH is 1. The minimum Gasteiger partial charge on any atom is -0.389 e. The molecule has 1 saturated heterocycles. The maximum absolute atomic E-state index is 9.63. The molecule has 1 aliphatic heterocycles. The molecule has 3 heteroatoms. The van der Waals surface area contributed by atoms with Crippen LogP contribution < -0.4 is 4.90 Å². The predicted molar refractivity (Wildman–Crippen MR) is 84.6 cm³/mol. The van der Waals surface area contributed by atoms with Crippen molar-refractivity contribution < 1.29 is 5.11 Å². The van der Waals surface area contributed by atoms with Crippen LogP contribution in [0.15, 0.2) is 22.7 Å². The molecule has 1 N–H and O–H groups in total. The number of anilines is 1. The Kier molecular flexibility index (Phi) is 4.57. The van der Waals surface area contributed by atoms with Gasteiger partial charge in [-0.2, -0.15) is 0 Å². The molecule has 2 rings (SSSR count). The number of aliphatic hydroxyl groups is 1. The molecule has 1 heterocycles. The van der Waals surface area contributed by atoms with Gasteiger partial charge in [-0.3, -0.25) is 0 Å². The lowest BCUT2D eigenvalue weighted by Crippen LogP contribution is -2.25. The third-order valence-corrected chi connectivity index (χ3v) is 4.77. The Morgan fingerprint density at radius 3 is 2.63 bits per heavy atom. The van der Waals surface area contributed by atoms with Gasteiger partial charge in [-0.15, -0.1) is 0 Å². The highest BCUT2D eigenvalue weighted by atomic mass is 79.9. The Hall–Kier alpha value is -0.540. The van der Waals surface area contributed by atoms with Crippen LogP contribution in [0.3, 0.4) is 0 Å². The molecule has 1 fully saturated rings. The van der Waals surface area contributed by atoms with E-state index in [1.54, 1.807) is 6.92 Å². The van der Waals surface area contributed by atoms with E-state index >= 15 is 0 Å². The zero-order valence-corrected chi connectivity index (χ0v) is 13.7. The highest BCUT2D eigenvalue weighted by Crippen LogP contribution is 2.35. The zero-order valence-electron chi connectivity index (χ0n) is 12.1. The van der Waals surface area contributed by atoms with E-state index in [-0.39, 0.29) is 0 Å². The molecule has 2 nitrogen and oxygen atoms in total. The van der Waals surface area contributed by atoms with Crippen molar-refractivity contribution in [2.24, 2.45) is 5.41 Å². The molecule has 106 valence electrons. The molecule has 1 atom stereocenters. The van der Waals surface area contributed by atoms with Crippen LogP contribution in [-0.2, 0) is 0 Å². The topological polar surface area (TPSA) is 23.5 Å². The molecule has 0 aromatic heterocycles. The van der Waals surface area contributed by atoms with E-state index in [4.69, 9.17) is 0 Å². The third-order valence-electron chi connectivity index (χ3n) is 4.13. The smallest absolute Gasteiger partial charge is 0.0762 e. The summed E-state index contributed by atoms with van der Waals surface area (Å²) in [5, 5.41) is 9.63. The number of hydrogen-bond donors (Lipinski definition) is 1. The van der Waals surface area contributed by atoms with E-state index in [2.05, 4.69) is 40.7 Å². The number of halogens is 1. The normalized spacial score (nSPS) is 21.0. The standard InChI is InChI=1S/C16H24BrNO/c1-12(19)13-5-6-15(14(17)11-13)18-9-4-7-16(2,3)8-10-18/h5-6,11-12,19H,4,7-10H2,1-3H3/t12-/m1/s1. The van der Waals surface area contributed by atoms with E-state index in [0.29, 0.717) is 5.41 Å². The van der Waals surface area contributed by atoms with Crippen LogP contribution >= 0.6 is 15.9 Å². The van der Waals surface area contributed by atoms with Crippen LogP contribution in [0.1, 0.15) is 51.7 Å². The summed E-state index contributed by atoms with van der Waals surface area (Å²) in [6.45, 7) is 8.76. The SMILES string of the molecule is C[C@@H](O)c1ccc(N2CCCC(C)(C)CC2)c(Br)c1. The van der Waals surface area contributed by atoms with E-state index in [1.165, 1.54) is 24.9 Å². The van der Waals surface area contributed by atoms with Gasteiger partial charge in [0.05, 0.1) is 11.8 Å². The first-order valence-electron chi connectivity index (χ1n) is 7.11. The van der Waals surface area contributed by atoms with Gasteiger partial charge in [0.1, 0.15) is 0 Å². The summed E-state index contributed by atoms with van der Waals surface area (Å²) in [4.78, 5) is 2.46. The van der Waals surface area contributed by atoms with Crippen molar-refractivity contribution in [2.75, 3.05) is 18.0 Å². The molecule has 0 bridgehead atoms. The number of rotatable bonds is 2. The van der Waals surface area contributed by atoms with Crippen molar-refractivity contribution in [3.8, 4) is 0 Å². The van der Waals surface area contributed by atoms with Crippen molar-refractivity contribution in [3.63, 3.8) is 0 Å². The van der Waals surface area contributed by atoms with Gasteiger partial charge < -0.3 is 10.0 Å². The first-order chi connectivity index (χ1) is 8.89. The highest BCUT2D eigenvalue weighted by Gasteiger charge is 2.24. The lowest BCUT2D eigenvalue weighted by atomic mass is 9.85. The van der Waals surface area contributed by atoms with Crippen LogP contribution in [-0.4, -0.2) is 18.2 Å². The Bertz CT molecular complexity index is 442. The van der Waals surface area contributed by atoms with Crippen LogP contribution in [0.25, 0.3) is 0 Å². The first kappa shape index (κ1) is 14.9. The monoisotopic (exact) mass is 325 g/mol. The molecule has 0 spiro atoms. The Morgan fingerprint density at radius 2 is 2.00 bits per heavy atom. The molecule has 1 aliphatic rings. The highest BCUT2D eigenvalue weighted by molar-refractivity contribution is 9.10. The average molecular weight is 326 g/mol. The number of hydrogen-bond acceptors (Lipinski definition) is 2. The summed E-state index contributed by atoms with van der Waals surface area (Å²) in [6, 6.07) is 6.20. The van der Waals surface area contributed by atoms with Gasteiger partial charge in [0.25, 0.3) is 0 Å². The minimum absolute atomic E-state index is 0.409. The molecule has 1 aromatic rings. The van der Waals surface area contributed by atoms with Gasteiger partial charge in [0.2, 0.25) is 0 Å². The van der Waals surface area contributed by atoms with Crippen molar-refractivity contribution in [1.82, 2.24) is 0 Å². The molecule has 0 aliphatic carbocycles. The number of nitrogens with zero attached hydrogens (tertiary/aromatic N) is 1. The molecular formula is C16H24BrNO. The maximum atomic E-state index is 9.63. The molecular weight excluding hydrogens is 302 g/mol. The Morgan fingerprint density at radius 1 is 1.26 bits per heavy atom. The fraction of sp³-hybridized carbons (Fsp3) is 0.625. The minimum atomic E-state index is -0.409. The Balaban J connectivity index is 2.18. The van der Waals surface area contributed by atoms with Crippen LogP contribution in [0, 0.1) is 5.41 Å². The molecule has 0 radical (unpaired) electrons. The quantitative estimate of drug-likeness (QED) is 0.864. The van der Waals surface area contributed by atoms with Gasteiger partial charge in [-0.05, 0) is 65.2 Å². The second-order valence-electron chi connectivity index (χ2n) is 6.39. The van der Waals surface area contributed by atoms with E-state index in [1.807, 2.05) is 12.1 Å². The summed E-state index contributed by atoms with van der Waals surface area (Å²) in [7, 11) is 0. The predicted octanol–water partition coefficient (Wildman–Crippen LogP) is 4.52. The van der Waals surface area contributed by atoms with Gasteiger partial charge in [0.15, 0.2) is 0 Å². The summed E-state index contributed by atoms with van der Waals surface area (Å²) >= 11 is 3.65. The van der Waals surface area contributed by atoms with Gasteiger partial charge in [0, 0.05) is 17.6 Å². The van der Waals surface area contributed by atoms with Crippen LogP contribution in [0.2, 0.25) is 0 Å².